The molecule has 0 radical (unpaired) electrons. The van der Waals surface area contributed by atoms with E-state index in [4.69, 9.17) is 4.74 Å². The molecule has 2 rings (SSSR count). The SMILES string of the molecule is C/C=C(\C=NC)c1cccc(NC(=C/C(=NC)NC(=O)C2CC2)/C(=C/CC)C(=O)NC)c1OC. The van der Waals surface area contributed by atoms with Crippen LogP contribution in [0.3, 0.4) is 0 Å². The highest BCUT2D eigenvalue weighted by Gasteiger charge is 2.30. The van der Waals surface area contributed by atoms with Crippen LogP contribution in [0.25, 0.3) is 5.57 Å². The molecule has 0 spiro atoms. The molecule has 2 amide bonds. The molecule has 1 aromatic carbocycles. The predicted molar refractivity (Wildman–Crippen MR) is 139 cm³/mol. The highest BCUT2D eigenvalue weighted by atomic mass is 16.5. The molecule has 3 N–H and O–H groups in total. The number of nitrogens with one attached hydrogen (secondary N) is 3. The monoisotopic (exact) mass is 465 g/mol. The molecule has 182 valence electrons. The number of hydrogen-bond donors (Lipinski definition) is 3. The summed E-state index contributed by atoms with van der Waals surface area (Å²) in [6, 6.07) is 5.71. The molecular weight excluding hydrogens is 430 g/mol. The summed E-state index contributed by atoms with van der Waals surface area (Å²) in [5, 5.41) is 8.89. The van der Waals surface area contributed by atoms with E-state index in [0.29, 0.717) is 35.0 Å². The van der Waals surface area contributed by atoms with Crippen LogP contribution >= 0.6 is 0 Å². The van der Waals surface area contributed by atoms with Crippen molar-refractivity contribution in [1.29, 1.82) is 0 Å². The van der Waals surface area contributed by atoms with Crippen LogP contribution < -0.4 is 20.7 Å². The zero-order chi connectivity index (χ0) is 25.1. The van der Waals surface area contributed by atoms with E-state index in [9.17, 15) is 9.59 Å². The molecule has 0 heterocycles. The van der Waals surface area contributed by atoms with Gasteiger partial charge in [0, 0.05) is 44.9 Å². The highest BCUT2D eigenvalue weighted by molar-refractivity contribution is 6.12. The fraction of sp³-hybridized carbons (Fsp3) is 0.385. The van der Waals surface area contributed by atoms with Gasteiger partial charge in [-0.2, -0.15) is 0 Å². The number of amides is 2. The van der Waals surface area contributed by atoms with E-state index in [0.717, 1.165) is 24.0 Å². The molecule has 1 aliphatic rings. The first-order valence-corrected chi connectivity index (χ1v) is 11.4. The van der Waals surface area contributed by atoms with Gasteiger partial charge in [0.2, 0.25) is 5.91 Å². The zero-order valence-corrected chi connectivity index (χ0v) is 20.9. The van der Waals surface area contributed by atoms with Crippen LogP contribution in [-0.4, -0.2) is 52.1 Å². The fourth-order valence-electron chi connectivity index (χ4n) is 3.38. The molecule has 0 aromatic heterocycles. The second kappa shape index (κ2) is 13.1. The number of likely N-dealkylation sites (N-methyl/N-ethyl adjacent to an activating group) is 1. The minimum Gasteiger partial charge on any atom is -0.494 e. The third kappa shape index (κ3) is 6.91. The molecule has 0 atom stereocenters. The molecule has 1 saturated carbocycles. The summed E-state index contributed by atoms with van der Waals surface area (Å²) in [6.45, 7) is 3.88. The van der Waals surface area contributed by atoms with Gasteiger partial charge in [-0.15, -0.1) is 0 Å². The molecule has 1 aliphatic carbocycles. The third-order valence-corrected chi connectivity index (χ3v) is 5.27. The van der Waals surface area contributed by atoms with E-state index >= 15 is 0 Å². The van der Waals surface area contributed by atoms with Crippen LogP contribution in [0.1, 0.15) is 38.7 Å². The number of amidine groups is 1. The lowest BCUT2D eigenvalue weighted by Gasteiger charge is -2.19. The Labute approximate surface area is 202 Å². The molecule has 0 aliphatic heterocycles. The predicted octanol–water partition coefficient (Wildman–Crippen LogP) is 3.73. The number of rotatable bonds is 10. The van der Waals surface area contributed by atoms with Gasteiger partial charge in [-0.3, -0.25) is 19.6 Å². The van der Waals surface area contributed by atoms with Crippen molar-refractivity contribution in [3.8, 4) is 5.75 Å². The van der Waals surface area contributed by atoms with Gasteiger partial charge >= 0.3 is 0 Å². The maximum Gasteiger partial charge on any atom is 0.252 e. The number of anilines is 1. The topological polar surface area (TPSA) is 104 Å². The standard InChI is InChI=1S/C26H35N5O3/c1-7-10-20(26(33)29-5)22(15-23(28-4)31-25(32)18-13-14-18)30-21-12-9-11-19(24(21)34-6)17(8-2)16-27-3/h8-12,15-16,18,30H,7,13-14H2,1-6H3,(H,29,33)(H,28,31,32)/b17-8+,20-10-,22-15+,27-16?. The maximum atomic E-state index is 12.8. The molecule has 1 fully saturated rings. The number of ether oxygens (including phenoxy) is 1. The van der Waals surface area contributed by atoms with Crippen LogP contribution in [0, 0.1) is 5.92 Å². The lowest BCUT2D eigenvalue weighted by atomic mass is 10.0. The summed E-state index contributed by atoms with van der Waals surface area (Å²) in [5.74, 6) is 0.682. The summed E-state index contributed by atoms with van der Waals surface area (Å²) in [6.07, 6.45) is 9.62. The van der Waals surface area contributed by atoms with Crippen LogP contribution in [0.2, 0.25) is 0 Å². The number of carbonyl (C=O) groups excluding carboxylic acids is 2. The molecule has 0 unspecified atom stereocenters. The Morgan fingerprint density at radius 1 is 1.24 bits per heavy atom. The van der Waals surface area contributed by atoms with E-state index in [1.807, 2.05) is 44.2 Å². The van der Waals surface area contributed by atoms with E-state index in [1.165, 1.54) is 0 Å². The first-order valence-electron chi connectivity index (χ1n) is 11.4. The summed E-state index contributed by atoms with van der Waals surface area (Å²) >= 11 is 0. The van der Waals surface area contributed by atoms with Gasteiger partial charge in [0.15, 0.2) is 0 Å². The van der Waals surface area contributed by atoms with Crippen molar-refractivity contribution >= 4 is 35.1 Å². The third-order valence-electron chi connectivity index (χ3n) is 5.27. The fourth-order valence-corrected chi connectivity index (χ4v) is 3.38. The Morgan fingerprint density at radius 3 is 2.50 bits per heavy atom. The summed E-state index contributed by atoms with van der Waals surface area (Å²) < 4.78 is 5.76. The molecule has 0 bridgehead atoms. The van der Waals surface area contributed by atoms with Crippen LogP contribution in [0.4, 0.5) is 5.69 Å². The minimum atomic E-state index is -0.257. The Balaban J connectivity index is 2.59. The lowest BCUT2D eigenvalue weighted by Crippen LogP contribution is -2.32. The minimum absolute atomic E-state index is 0.0300. The first-order chi connectivity index (χ1) is 16.4. The Hall–Kier alpha value is -3.68. The highest BCUT2D eigenvalue weighted by Crippen LogP contribution is 2.35. The number of nitrogens with zero attached hydrogens (tertiary/aromatic N) is 2. The number of para-hydroxylation sites is 1. The number of hydrogen-bond acceptors (Lipinski definition) is 6. The van der Waals surface area contributed by atoms with Crippen molar-refractivity contribution < 1.29 is 14.3 Å². The number of benzene rings is 1. The van der Waals surface area contributed by atoms with E-state index < -0.39 is 0 Å². The smallest absolute Gasteiger partial charge is 0.252 e. The molecule has 34 heavy (non-hydrogen) atoms. The second-order valence-electron chi connectivity index (χ2n) is 7.68. The first kappa shape index (κ1) is 26.6. The number of aliphatic imine (C=N–C) groups is 2. The van der Waals surface area contributed by atoms with E-state index in [2.05, 4.69) is 25.9 Å². The number of carbonyl (C=O) groups is 2. The van der Waals surface area contributed by atoms with Gasteiger partial charge in [0.1, 0.15) is 11.6 Å². The van der Waals surface area contributed by atoms with Gasteiger partial charge in [-0.25, -0.2) is 0 Å². The number of allylic oxidation sites excluding steroid dienone is 3. The largest absolute Gasteiger partial charge is 0.494 e. The van der Waals surface area contributed by atoms with Crippen LogP contribution in [0.5, 0.6) is 5.75 Å². The molecule has 8 heteroatoms. The average molecular weight is 466 g/mol. The lowest BCUT2D eigenvalue weighted by molar-refractivity contribution is -0.120. The van der Waals surface area contributed by atoms with Crippen LogP contribution in [0.15, 0.2) is 57.7 Å². The van der Waals surface area contributed by atoms with Crippen molar-refractivity contribution in [2.45, 2.75) is 33.1 Å². The normalized spacial score (nSPS) is 15.4. The number of methoxy groups -OCH3 is 1. The summed E-state index contributed by atoms with van der Waals surface area (Å²) in [5.41, 5.74) is 3.33. The van der Waals surface area contributed by atoms with Gasteiger partial charge < -0.3 is 20.7 Å². The molecule has 8 nitrogen and oxygen atoms in total. The Kier molecular flexibility index (Phi) is 10.3. The van der Waals surface area contributed by atoms with E-state index in [-0.39, 0.29) is 17.7 Å². The summed E-state index contributed by atoms with van der Waals surface area (Å²) in [7, 11) is 6.49. The molecular formula is C26H35N5O3. The van der Waals surface area contributed by atoms with Crippen molar-refractivity contribution in [3.63, 3.8) is 0 Å². The Bertz CT molecular complexity index is 1050. The van der Waals surface area contributed by atoms with Gasteiger partial charge in [0.25, 0.3) is 5.91 Å². The quantitative estimate of drug-likeness (QED) is 0.212. The van der Waals surface area contributed by atoms with Gasteiger partial charge in [0.05, 0.1) is 24.1 Å². The molecule has 1 aromatic rings. The average Bonchev–Trinajstić information content (AvgIpc) is 3.70. The zero-order valence-electron chi connectivity index (χ0n) is 20.9. The summed E-state index contributed by atoms with van der Waals surface area (Å²) in [4.78, 5) is 33.5. The van der Waals surface area contributed by atoms with Crippen molar-refractivity contribution in [1.82, 2.24) is 10.6 Å². The van der Waals surface area contributed by atoms with Gasteiger partial charge in [-0.05, 0) is 37.8 Å². The van der Waals surface area contributed by atoms with Crippen molar-refractivity contribution in [2.75, 3.05) is 33.6 Å². The van der Waals surface area contributed by atoms with Crippen molar-refractivity contribution in [2.24, 2.45) is 15.9 Å². The van der Waals surface area contributed by atoms with Crippen LogP contribution in [-0.2, 0) is 9.59 Å². The van der Waals surface area contributed by atoms with E-state index in [1.54, 1.807) is 40.5 Å². The van der Waals surface area contributed by atoms with Gasteiger partial charge in [-0.1, -0.05) is 31.2 Å². The molecule has 0 saturated heterocycles. The maximum absolute atomic E-state index is 12.8. The van der Waals surface area contributed by atoms with Crippen molar-refractivity contribution in [3.05, 3.63) is 53.3 Å². The Morgan fingerprint density at radius 2 is 1.97 bits per heavy atom. The second-order valence-corrected chi connectivity index (χ2v) is 7.68.